The third-order valence-electron chi connectivity index (χ3n) is 3.08. The summed E-state index contributed by atoms with van der Waals surface area (Å²) >= 11 is 0. The smallest absolute Gasteiger partial charge is 0.338 e. The van der Waals surface area contributed by atoms with Crippen molar-refractivity contribution in [1.29, 1.82) is 0 Å². The van der Waals surface area contributed by atoms with E-state index in [2.05, 4.69) is 5.32 Å². The standard InChI is InChI=1S/C17H16FNO5/c1-22-14-8-3-11(9-15(14)23-2)17(21)24-10-16(20)19-13-6-4-12(18)5-7-13/h3-9H,10H2,1-2H3,(H,19,20). The number of hydrogen-bond donors (Lipinski definition) is 1. The van der Waals surface area contributed by atoms with Crippen LogP contribution < -0.4 is 14.8 Å². The summed E-state index contributed by atoms with van der Waals surface area (Å²) in [5, 5.41) is 2.49. The topological polar surface area (TPSA) is 73.9 Å². The number of rotatable bonds is 6. The van der Waals surface area contributed by atoms with E-state index >= 15 is 0 Å². The molecule has 0 radical (unpaired) electrons. The van der Waals surface area contributed by atoms with Crippen LogP contribution in [0.2, 0.25) is 0 Å². The van der Waals surface area contributed by atoms with E-state index in [4.69, 9.17) is 14.2 Å². The Morgan fingerprint density at radius 3 is 2.29 bits per heavy atom. The number of benzene rings is 2. The molecule has 0 unspecified atom stereocenters. The van der Waals surface area contributed by atoms with E-state index in [1.165, 1.54) is 50.6 Å². The molecule has 0 aliphatic heterocycles. The van der Waals surface area contributed by atoms with Crippen molar-refractivity contribution in [2.24, 2.45) is 0 Å². The SMILES string of the molecule is COc1ccc(C(=O)OCC(=O)Nc2ccc(F)cc2)cc1OC. The number of carbonyl (C=O) groups is 2. The lowest BCUT2D eigenvalue weighted by Gasteiger charge is -2.10. The molecule has 0 saturated carbocycles. The number of amides is 1. The minimum absolute atomic E-state index is 0.224. The number of anilines is 1. The maximum Gasteiger partial charge on any atom is 0.338 e. The van der Waals surface area contributed by atoms with E-state index in [1.807, 2.05) is 0 Å². The molecule has 0 saturated heterocycles. The summed E-state index contributed by atoms with van der Waals surface area (Å²) in [5.41, 5.74) is 0.630. The van der Waals surface area contributed by atoms with Gasteiger partial charge in [0.05, 0.1) is 19.8 Å². The van der Waals surface area contributed by atoms with E-state index in [9.17, 15) is 14.0 Å². The number of halogens is 1. The number of hydrogen-bond acceptors (Lipinski definition) is 5. The van der Waals surface area contributed by atoms with Gasteiger partial charge in [-0.2, -0.15) is 0 Å². The third-order valence-corrected chi connectivity index (χ3v) is 3.08. The van der Waals surface area contributed by atoms with Gasteiger partial charge in [0.2, 0.25) is 0 Å². The van der Waals surface area contributed by atoms with Crippen molar-refractivity contribution < 1.29 is 28.2 Å². The predicted octanol–water partition coefficient (Wildman–Crippen LogP) is 2.64. The summed E-state index contributed by atoms with van der Waals surface area (Å²) in [5.74, 6) is -0.764. The third kappa shape index (κ3) is 4.45. The van der Waals surface area contributed by atoms with Gasteiger partial charge in [0.25, 0.3) is 5.91 Å². The highest BCUT2D eigenvalue weighted by molar-refractivity contribution is 5.95. The summed E-state index contributed by atoms with van der Waals surface area (Å²) in [7, 11) is 2.93. The largest absolute Gasteiger partial charge is 0.493 e. The average molecular weight is 333 g/mol. The van der Waals surface area contributed by atoms with Crippen LogP contribution in [0, 0.1) is 5.82 Å². The summed E-state index contributed by atoms with van der Waals surface area (Å²) in [6, 6.07) is 9.76. The molecule has 6 nitrogen and oxygen atoms in total. The van der Waals surface area contributed by atoms with Crippen LogP contribution in [0.15, 0.2) is 42.5 Å². The number of ether oxygens (including phenoxy) is 3. The van der Waals surface area contributed by atoms with Crippen LogP contribution in [0.1, 0.15) is 10.4 Å². The molecule has 0 fully saturated rings. The molecule has 2 aromatic rings. The number of methoxy groups -OCH3 is 2. The van der Waals surface area contributed by atoms with Gasteiger partial charge in [0, 0.05) is 5.69 Å². The lowest BCUT2D eigenvalue weighted by molar-refractivity contribution is -0.119. The molecule has 24 heavy (non-hydrogen) atoms. The van der Waals surface area contributed by atoms with E-state index in [1.54, 1.807) is 6.07 Å². The Morgan fingerprint density at radius 1 is 1.00 bits per heavy atom. The molecule has 0 spiro atoms. The van der Waals surface area contributed by atoms with Gasteiger partial charge < -0.3 is 19.5 Å². The normalized spacial score (nSPS) is 9.96. The van der Waals surface area contributed by atoms with Gasteiger partial charge in [0.1, 0.15) is 5.82 Å². The van der Waals surface area contributed by atoms with E-state index < -0.39 is 24.3 Å². The van der Waals surface area contributed by atoms with Gasteiger partial charge in [-0.05, 0) is 42.5 Å². The molecule has 2 aromatic carbocycles. The fraction of sp³-hybridized carbons (Fsp3) is 0.176. The fourth-order valence-corrected chi connectivity index (χ4v) is 1.91. The van der Waals surface area contributed by atoms with Crippen LogP contribution in [0.3, 0.4) is 0 Å². The van der Waals surface area contributed by atoms with Crippen molar-refractivity contribution in [3.8, 4) is 11.5 Å². The lowest BCUT2D eigenvalue weighted by Crippen LogP contribution is -2.20. The fourth-order valence-electron chi connectivity index (χ4n) is 1.91. The molecule has 126 valence electrons. The van der Waals surface area contributed by atoms with E-state index in [-0.39, 0.29) is 5.56 Å². The van der Waals surface area contributed by atoms with E-state index in [0.29, 0.717) is 17.2 Å². The lowest BCUT2D eigenvalue weighted by atomic mass is 10.2. The highest BCUT2D eigenvalue weighted by atomic mass is 19.1. The summed E-state index contributed by atoms with van der Waals surface area (Å²) in [6.07, 6.45) is 0. The van der Waals surface area contributed by atoms with Crippen LogP contribution in [0.5, 0.6) is 11.5 Å². The molecule has 1 N–H and O–H groups in total. The molecule has 0 bridgehead atoms. The van der Waals surface area contributed by atoms with E-state index in [0.717, 1.165) is 0 Å². The molecule has 0 heterocycles. The van der Waals surface area contributed by atoms with Crippen molar-refractivity contribution in [2.75, 3.05) is 26.1 Å². The quantitative estimate of drug-likeness (QED) is 0.823. The number of esters is 1. The zero-order valence-corrected chi connectivity index (χ0v) is 13.2. The van der Waals surface area contributed by atoms with Crippen LogP contribution in [0.4, 0.5) is 10.1 Å². The highest BCUT2D eigenvalue weighted by Crippen LogP contribution is 2.27. The first-order valence-corrected chi connectivity index (χ1v) is 6.98. The maximum atomic E-state index is 12.8. The number of nitrogens with one attached hydrogen (secondary N) is 1. The Bertz CT molecular complexity index is 730. The Kier molecular flexibility index (Phi) is 5.73. The maximum absolute atomic E-state index is 12.8. The van der Waals surface area contributed by atoms with Gasteiger partial charge in [-0.15, -0.1) is 0 Å². The minimum atomic E-state index is -0.676. The Labute approximate surface area is 138 Å². The molecule has 1 amide bonds. The van der Waals surface area contributed by atoms with Crippen molar-refractivity contribution >= 4 is 17.6 Å². The van der Waals surface area contributed by atoms with Gasteiger partial charge in [-0.1, -0.05) is 0 Å². The van der Waals surface area contributed by atoms with Gasteiger partial charge in [-0.3, -0.25) is 4.79 Å². The van der Waals surface area contributed by atoms with Crippen LogP contribution in [-0.2, 0) is 9.53 Å². The summed E-state index contributed by atoms with van der Waals surface area (Å²) < 4.78 is 27.9. The molecular formula is C17H16FNO5. The Hall–Kier alpha value is -3.09. The number of carbonyl (C=O) groups excluding carboxylic acids is 2. The van der Waals surface area contributed by atoms with Crippen molar-refractivity contribution in [1.82, 2.24) is 0 Å². The average Bonchev–Trinajstić information content (AvgIpc) is 2.61. The Morgan fingerprint density at radius 2 is 1.67 bits per heavy atom. The second-order valence-corrected chi connectivity index (χ2v) is 4.70. The zero-order chi connectivity index (χ0) is 17.5. The van der Waals surface area contributed by atoms with Crippen LogP contribution in [-0.4, -0.2) is 32.7 Å². The van der Waals surface area contributed by atoms with Gasteiger partial charge in [-0.25, -0.2) is 9.18 Å². The molecular weight excluding hydrogens is 317 g/mol. The van der Waals surface area contributed by atoms with Crippen LogP contribution >= 0.6 is 0 Å². The van der Waals surface area contributed by atoms with Gasteiger partial charge >= 0.3 is 5.97 Å². The summed E-state index contributed by atoms with van der Waals surface area (Å²) in [6.45, 7) is -0.468. The molecule has 7 heteroatoms. The second-order valence-electron chi connectivity index (χ2n) is 4.70. The predicted molar refractivity (Wildman–Crippen MR) is 84.9 cm³/mol. The van der Waals surface area contributed by atoms with Crippen LogP contribution in [0.25, 0.3) is 0 Å². The first-order valence-electron chi connectivity index (χ1n) is 6.98. The minimum Gasteiger partial charge on any atom is -0.493 e. The second kappa shape index (κ2) is 7.96. The van der Waals surface area contributed by atoms with Gasteiger partial charge in [0.15, 0.2) is 18.1 Å². The molecule has 0 atom stereocenters. The first kappa shape index (κ1) is 17.3. The van der Waals surface area contributed by atoms with Crippen molar-refractivity contribution in [3.05, 3.63) is 53.8 Å². The molecule has 0 aliphatic rings. The van der Waals surface area contributed by atoms with Crippen molar-refractivity contribution in [2.45, 2.75) is 0 Å². The highest BCUT2D eigenvalue weighted by Gasteiger charge is 2.13. The molecule has 0 aromatic heterocycles. The monoisotopic (exact) mass is 333 g/mol. The summed E-state index contributed by atoms with van der Waals surface area (Å²) in [4.78, 5) is 23.7. The molecule has 2 rings (SSSR count). The molecule has 0 aliphatic carbocycles. The van der Waals surface area contributed by atoms with Crippen molar-refractivity contribution in [3.63, 3.8) is 0 Å². The Balaban J connectivity index is 1.92. The zero-order valence-electron chi connectivity index (χ0n) is 13.2. The first-order chi connectivity index (χ1) is 11.5.